The summed E-state index contributed by atoms with van der Waals surface area (Å²) < 4.78 is 0. The van der Waals surface area contributed by atoms with Gasteiger partial charge in [0.1, 0.15) is 0 Å². The molecule has 4 heteroatoms. The standard InChI is InChI=1S/C11H20N2O2/c1-3-4-5-9(7-12)13-10(14)6-8(2)11(13)15/h8-9H,3-7,12H2,1-2H3. The van der Waals surface area contributed by atoms with Gasteiger partial charge >= 0.3 is 0 Å². The number of hydrogen-bond acceptors (Lipinski definition) is 3. The molecule has 0 aromatic carbocycles. The molecular weight excluding hydrogens is 192 g/mol. The van der Waals surface area contributed by atoms with E-state index in [2.05, 4.69) is 6.92 Å². The zero-order valence-electron chi connectivity index (χ0n) is 9.53. The molecule has 2 N–H and O–H groups in total. The van der Waals surface area contributed by atoms with Crippen LogP contribution in [0.25, 0.3) is 0 Å². The van der Waals surface area contributed by atoms with E-state index >= 15 is 0 Å². The summed E-state index contributed by atoms with van der Waals surface area (Å²) in [5.41, 5.74) is 5.62. The maximum absolute atomic E-state index is 11.7. The van der Waals surface area contributed by atoms with Crippen LogP contribution in [0.2, 0.25) is 0 Å². The summed E-state index contributed by atoms with van der Waals surface area (Å²) in [4.78, 5) is 24.7. The quantitative estimate of drug-likeness (QED) is 0.689. The predicted octanol–water partition coefficient (Wildman–Crippen LogP) is 0.899. The number of amides is 2. The molecule has 0 saturated carbocycles. The maximum atomic E-state index is 11.7. The van der Waals surface area contributed by atoms with Crippen molar-refractivity contribution in [3.05, 3.63) is 0 Å². The van der Waals surface area contributed by atoms with E-state index in [1.807, 2.05) is 0 Å². The molecule has 1 rings (SSSR count). The van der Waals surface area contributed by atoms with Crippen LogP contribution < -0.4 is 5.73 Å². The van der Waals surface area contributed by atoms with Crippen LogP contribution in [-0.2, 0) is 9.59 Å². The Morgan fingerprint density at radius 3 is 2.60 bits per heavy atom. The van der Waals surface area contributed by atoms with Crippen LogP contribution in [0, 0.1) is 5.92 Å². The minimum Gasteiger partial charge on any atom is -0.328 e. The van der Waals surface area contributed by atoms with Gasteiger partial charge in [-0.15, -0.1) is 0 Å². The first kappa shape index (κ1) is 12.2. The van der Waals surface area contributed by atoms with Gasteiger partial charge in [-0.25, -0.2) is 0 Å². The molecule has 0 aliphatic carbocycles. The summed E-state index contributed by atoms with van der Waals surface area (Å²) in [6.45, 7) is 4.27. The highest BCUT2D eigenvalue weighted by Crippen LogP contribution is 2.23. The molecule has 4 nitrogen and oxygen atoms in total. The van der Waals surface area contributed by atoms with Crippen molar-refractivity contribution in [2.45, 2.75) is 45.6 Å². The van der Waals surface area contributed by atoms with Crippen molar-refractivity contribution in [2.75, 3.05) is 6.54 Å². The van der Waals surface area contributed by atoms with Gasteiger partial charge in [-0.2, -0.15) is 0 Å². The van der Waals surface area contributed by atoms with Crippen LogP contribution in [-0.4, -0.2) is 29.3 Å². The van der Waals surface area contributed by atoms with E-state index in [9.17, 15) is 9.59 Å². The lowest BCUT2D eigenvalue weighted by molar-refractivity contribution is -0.141. The van der Waals surface area contributed by atoms with E-state index in [-0.39, 0.29) is 23.8 Å². The molecular formula is C11H20N2O2. The second-order valence-electron chi connectivity index (χ2n) is 4.24. The normalized spacial score (nSPS) is 23.7. The Morgan fingerprint density at radius 2 is 2.20 bits per heavy atom. The number of hydrogen-bond donors (Lipinski definition) is 1. The molecule has 0 radical (unpaired) electrons. The van der Waals surface area contributed by atoms with Crippen LogP contribution in [0.1, 0.15) is 39.5 Å². The first-order chi connectivity index (χ1) is 7.11. The molecule has 2 unspecified atom stereocenters. The van der Waals surface area contributed by atoms with E-state index in [0.717, 1.165) is 19.3 Å². The summed E-state index contributed by atoms with van der Waals surface area (Å²) >= 11 is 0. The van der Waals surface area contributed by atoms with Crippen LogP contribution in [0.15, 0.2) is 0 Å². The SMILES string of the molecule is CCCCC(CN)N1C(=O)CC(C)C1=O. The number of carbonyl (C=O) groups excluding carboxylic acids is 2. The third-order valence-electron chi connectivity index (χ3n) is 2.94. The van der Waals surface area contributed by atoms with E-state index in [1.54, 1.807) is 6.92 Å². The van der Waals surface area contributed by atoms with E-state index in [1.165, 1.54) is 4.90 Å². The van der Waals surface area contributed by atoms with Crippen LogP contribution in [0.5, 0.6) is 0 Å². The van der Waals surface area contributed by atoms with Gasteiger partial charge in [-0.1, -0.05) is 26.7 Å². The first-order valence-electron chi connectivity index (χ1n) is 5.67. The number of carbonyl (C=O) groups is 2. The number of imide groups is 1. The van der Waals surface area contributed by atoms with Crippen molar-refractivity contribution in [1.29, 1.82) is 0 Å². The Kier molecular flexibility index (Phi) is 4.27. The number of likely N-dealkylation sites (tertiary alicyclic amines) is 1. The molecule has 0 aromatic rings. The molecule has 1 aliphatic heterocycles. The Hall–Kier alpha value is -0.900. The molecule has 2 amide bonds. The highest BCUT2D eigenvalue weighted by atomic mass is 16.2. The summed E-state index contributed by atoms with van der Waals surface area (Å²) in [5, 5.41) is 0. The third kappa shape index (κ3) is 2.56. The van der Waals surface area contributed by atoms with Crippen molar-refractivity contribution in [3.63, 3.8) is 0 Å². The van der Waals surface area contributed by atoms with Crippen LogP contribution in [0.4, 0.5) is 0 Å². The lowest BCUT2D eigenvalue weighted by Gasteiger charge is -2.25. The molecule has 1 fully saturated rings. The maximum Gasteiger partial charge on any atom is 0.232 e. The molecule has 0 bridgehead atoms. The van der Waals surface area contributed by atoms with Gasteiger partial charge in [0.2, 0.25) is 11.8 Å². The zero-order valence-corrected chi connectivity index (χ0v) is 9.53. The number of nitrogens with zero attached hydrogens (tertiary/aromatic N) is 1. The number of rotatable bonds is 5. The molecule has 0 aromatic heterocycles. The highest BCUT2D eigenvalue weighted by Gasteiger charge is 2.39. The van der Waals surface area contributed by atoms with Crippen molar-refractivity contribution in [3.8, 4) is 0 Å². The average Bonchev–Trinajstić information content (AvgIpc) is 2.45. The molecule has 1 heterocycles. The second-order valence-corrected chi connectivity index (χ2v) is 4.24. The van der Waals surface area contributed by atoms with E-state index in [0.29, 0.717) is 13.0 Å². The van der Waals surface area contributed by atoms with Crippen molar-refractivity contribution in [1.82, 2.24) is 4.90 Å². The van der Waals surface area contributed by atoms with Crippen molar-refractivity contribution in [2.24, 2.45) is 11.7 Å². The first-order valence-corrected chi connectivity index (χ1v) is 5.67. The third-order valence-corrected chi connectivity index (χ3v) is 2.94. The van der Waals surface area contributed by atoms with Gasteiger partial charge in [-0.3, -0.25) is 14.5 Å². The molecule has 15 heavy (non-hydrogen) atoms. The Balaban J connectivity index is 2.66. The van der Waals surface area contributed by atoms with Gasteiger partial charge in [0.25, 0.3) is 0 Å². The van der Waals surface area contributed by atoms with Crippen molar-refractivity contribution < 1.29 is 9.59 Å². The van der Waals surface area contributed by atoms with Gasteiger partial charge in [0.15, 0.2) is 0 Å². The largest absolute Gasteiger partial charge is 0.328 e. The number of unbranched alkanes of at least 4 members (excludes halogenated alkanes) is 1. The topological polar surface area (TPSA) is 63.4 Å². The monoisotopic (exact) mass is 212 g/mol. The summed E-state index contributed by atoms with van der Waals surface area (Å²) in [5.74, 6) is -0.265. The summed E-state index contributed by atoms with van der Waals surface area (Å²) in [6, 6.07) is -0.0881. The second kappa shape index (κ2) is 5.26. The van der Waals surface area contributed by atoms with Gasteiger partial charge in [-0.05, 0) is 6.42 Å². The molecule has 1 saturated heterocycles. The Bertz CT molecular complexity index is 253. The molecule has 2 atom stereocenters. The van der Waals surface area contributed by atoms with Crippen LogP contribution >= 0.6 is 0 Å². The fourth-order valence-corrected chi connectivity index (χ4v) is 1.98. The molecule has 0 spiro atoms. The van der Waals surface area contributed by atoms with Crippen LogP contribution in [0.3, 0.4) is 0 Å². The zero-order chi connectivity index (χ0) is 11.4. The molecule has 1 aliphatic rings. The minimum atomic E-state index is -0.159. The molecule has 86 valence electrons. The van der Waals surface area contributed by atoms with Gasteiger partial charge in [0.05, 0.1) is 6.04 Å². The fourth-order valence-electron chi connectivity index (χ4n) is 1.98. The highest BCUT2D eigenvalue weighted by molar-refractivity contribution is 6.03. The lowest BCUT2D eigenvalue weighted by atomic mass is 10.1. The lowest BCUT2D eigenvalue weighted by Crippen LogP contribution is -2.44. The predicted molar refractivity (Wildman–Crippen MR) is 58.0 cm³/mol. The number of nitrogens with two attached hydrogens (primary N) is 1. The Morgan fingerprint density at radius 1 is 1.53 bits per heavy atom. The van der Waals surface area contributed by atoms with Crippen molar-refractivity contribution >= 4 is 11.8 Å². The average molecular weight is 212 g/mol. The summed E-state index contributed by atoms with van der Waals surface area (Å²) in [7, 11) is 0. The minimum absolute atomic E-state index is 0.0495. The smallest absolute Gasteiger partial charge is 0.232 e. The fraction of sp³-hybridized carbons (Fsp3) is 0.818. The van der Waals surface area contributed by atoms with Gasteiger partial charge in [0, 0.05) is 18.9 Å². The van der Waals surface area contributed by atoms with E-state index < -0.39 is 0 Å². The van der Waals surface area contributed by atoms with E-state index in [4.69, 9.17) is 5.73 Å². The van der Waals surface area contributed by atoms with Gasteiger partial charge < -0.3 is 5.73 Å². The Labute approximate surface area is 90.8 Å². The summed E-state index contributed by atoms with van der Waals surface area (Å²) in [6.07, 6.45) is 3.24.